The third-order valence-corrected chi connectivity index (χ3v) is 1.93. The predicted octanol–water partition coefficient (Wildman–Crippen LogP) is 0.692. The highest BCUT2D eigenvalue weighted by atomic mass is 16.6. The summed E-state index contributed by atoms with van der Waals surface area (Å²) in [4.78, 5) is 22.7. The van der Waals surface area contributed by atoms with Gasteiger partial charge in [0.15, 0.2) is 0 Å². The van der Waals surface area contributed by atoms with Gasteiger partial charge >= 0.3 is 12.1 Å². The fraction of sp³-hybridized carbons (Fsp3) is 0.750. The number of carbonyl (C=O) groups excluding carboxylic acids is 1. The van der Waals surface area contributed by atoms with Gasteiger partial charge in [-0.3, -0.25) is 9.69 Å². The molecule has 0 aliphatic carbocycles. The highest BCUT2D eigenvalue weighted by Gasteiger charge is 2.33. The molecule has 5 nitrogen and oxygen atoms in total. The molecule has 0 unspecified atom stereocenters. The van der Waals surface area contributed by atoms with E-state index in [1.54, 1.807) is 0 Å². The van der Waals surface area contributed by atoms with Crippen LogP contribution >= 0.6 is 0 Å². The highest BCUT2D eigenvalue weighted by Crippen LogP contribution is 2.21. The molecule has 0 aromatic carbocycles. The van der Waals surface area contributed by atoms with E-state index in [4.69, 9.17) is 9.84 Å². The Labute approximate surface area is 76.3 Å². The van der Waals surface area contributed by atoms with Gasteiger partial charge in [0.25, 0.3) is 0 Å². The van der Waals surface area contributed by atoms with Crippen LogP contribution in [0.4, 0.5) is 4.79 Å². The molecule has 0 spiro atoms. The fourth-order valence-electron chi connectivity index (χ4n) is 1.15. The molecule has 5 heteroatoms. The van der Waals surface area contributed by atoms with Crippen LogP contribution in [0.1, 0.15) is 20.3 Å². The van der Waals surface area contributed by atoms with Gasteiger partial charge in [-0.2, -0.15) is 0 Å². The largest absolute Gasteiger partial charge is 0.480 e. The number of carboxylic acid groups (broad SMARTS) is 1. The molecule has 0 aromatic rings. The van der Waals surface area contributed by atoms with Gasteiger partial charge in [-0.05, 0) is 13.8 Å². The van der Waals surface area contributed by atoms with E-state index in [2.05, 4.69) is 0 Å². The molecular formula is C8H13NO4. The standard InChI is InChI=1S/C8H13NO4/c1-8(2)3-4-9(5-6(10)11)7(12)13-8/h3-5H2,1-2H3,(H,10,11). The van der Waals surface area contributed by atoms with E-state index in [9.17, 15) is 9.59 Å². The third-order valence-electron chi connectivity index (χ3n) is 1.93. The first-order valence-corrected chi connectivity index (χ1v) is 4.10. The first-order chi connectivity index (χ1) is 5.91. The van der Waals surface area contributed by atoms with E-state index in [1.165, 1.54) is 4.90 Å². The van der Waals surface area contributed by atoms with Gasteiger partial charge in [0, 0.05) is 13.0 Å². The van der Waals surface area contributed by atoms with Gasteiger partial charge in [0.2, 0.25) is 0 Å². The molecule has 1 rings (SSSR count). The second-order valence-corrected chi connectivity index (χ2v) is 3.69. The Morgan fingerprint density at radius 1 is 1.69 bits per heavy atom. The van der Waals surface area contributed by atoms with Crippen molar-refractivity contribution < 1.29 is 19.4 Å². The Morgan fingerprint density at radius 3 is 2.77 bits per heavy atom. The van der Waals surface area contributed by atoms with Crippen LogP contribution in [0.5, 0.6) is 0 Å². The van der Waals surface area contributed by atoms with Gasteiger partial charge in [0.1, 0.15) is 12.1 Å². The second kappa shape index (κ2) is 3.24. The number of hydrogen-bond acceptors (Lipinski definition) is 3. The van der Waals surface area contributed by atoms with Gasteiger partial charge < -0.3 is 9.84 Å². The van der Waals surface area contributed by atoms with Crippen LogP contribution in [-0.2, 0) is 9.53 Å². The first-order valence-electron chi connectivity index (χ1n) is 4.10. The summed E-state index contributed by atoms with van der Waals surface area (Å²) in [7, 11) is 0. The molecule has 1 aliphatic rings. The predicted molar refractivity (Wildman–Crippen MR) is 44.4 cm³/mol. The van der Waals surface area contributed by atoms with Gasteiger partial charge in [0.05, 0.1) is 0 Å². The molecule has 1 saturated heterocycles. The molecule has 0 atom stereocenters. The summed E-state index contributed by atoms with van der Waals surface area (Å²) in [6.07, 6.45) is 0.116. The van der Waals surface area contributed by atoms with Crippen molar-refractivity contribution in [2.45, 2.75) is 25.9 Å². The number of carboxylic acids is 1. The van der Waals surface area contributed by atoms with Crippen LogP contribution in [0.15, 0.2) is 0 Å². The molecule has 0 aromatic heterocycles. The number of ether oxygens (including phenoxy) is 1. The van der Waals surface area contributed by atoms with Gasteiger partial charge in [-0.1, -0.05) is 0 Å². The molecule has 0 saturated carbocycles. The number of carbonyl (C=O) groups is 2. The topological polar surface area (TPSA) is 66.8 Å². The van der Waals surface area contributed by atoms with Crippen LogP contribution in [0.3, 0.4) is 0 Å². The van der Waals surface area contributed by atoms with E-state index < -0.39 is 17.7 Å². The maximum atomic E-state index is 11.2. The third kappa shape index (κ3) is 2.61. The van der Waals surface area contributed by atoms with E-state index >= 15 is 0 Å². The fourth-order valence-corrected chi connectivity index (χ4v) is 1.15. The monoisotopic (exact) mass is 187 g/mol. The summed E-state index contributed by atoms with van der Waals surface area (Å²) < 4.78 is 5.01. The minimum absolute atomic E-state index is 0.283. The molecule has 1 aliphatic heterocycles. The maximum Gasteiger partial charge on any atom is 0.410 e. The molecule has 0 bridgehead atoms. The molecule has 13 heavy (non-hydrogen) atoms. The van der Waals surface area contributed by atoms with Crippen LogP contribution in [0.2, 0.25) is 0 Å². The van der Waals surface area contributed by atoms with Crippen molar-refractivity contribution in [2.24, 2.45) is 0 Å². The number of nitrogens with zero attached hydrogens (tertiary/aromatic N) is 1. The van der Waals surface area contributed by atoms with Crippen LogP contribution in [0, 0.1) is 0 Å². The zero-order valence-corrected chi connectivity index (χ0v) is 7.74. The number of aliphatic carboxylic acids is 1. The lowest BCUT2D eigenvalue weighted by Crippen LogP contribution is -2.48. The Kier molecular flexibility index (Phi) is 2.45. The molecular weight excluding hydrogens is 174 g/mol. The molecule has 1 amide bonds. The summed E-state index contributed by atoms with van der Waals surface area (Å²) in [5.41, 5.74) is -0.466. The van der Waals surface area contributed by atoms with Crippen molar-refractivity contribution in [1.29, 1.82) is 0 Å². The first kappa shape index (κ1) is 9.83. The van der Waals surface area contributed by atoms with E-state index in [0.29, 0.717) is 13.0 Å². The van der Waals surface area contributed by atoms with Crippen molar-refractivity contribution in [3.63, 3.8) is 0 Å². The smallest absolute Gasteiger partial charge is 0.410 e. The normalized spacial score (nSPS) is 21.1. The van der Waals surface area contributed by atoms with E-state index in [1.807, 2.05) is 13.8 Å². The minimum Gasteiger partial charge on any atom is -0.480 e. The van der Waals surface area contributed by atoms with Gasteiger partial charge in [-0.25, -0.2) is 4.79 Å². The maximum absolute atomic E-state index is 11.2. The average Bonchev–Trinajstić information content (AvgIpc) is 1.93. The zero-order valence-electron chi connectivity index (χ0n) is 7.74. The Hall–Kier alpha value is -1.26. The quantitative estimate of drug-likeness (QED) is 0.690. The lowest BCUT2D eigenvalue weighted by molar-refractivity contribution is -0.139. The number of hydrogen-bond donors (Lipinski definition) is 1. The van der Waals surface area contributed by atoms with Crippen molar-refractivity contribution in [3.8, 4) is 0 Å². The Morgan fingerprint density at radius 2 is 2.31 bits per heavy atom. The van der Waals surface area contributed by atoms with Crippen LogP contribution in [0.25, 0.3) is 0 Å². The Bertz CT molecular complexity index is 236. The minimum atomic E-state index is -1.02. The molecule has 1 fully saturated rings. The molecule has 1 heterocycles. The number of amides is 1. The number of rotatable bonds is 2. The molecule has 74 valence electrons. The SMILES string of the molecule is CC1(C)CCN(CC(=O)O)C(=O)O1. The van der Waals surface area contributed by atoms with Crippen molar-refractivity contribution in [3.05, 3.63) is 0 Å². The van der Waals surface area contributed by atoms with Crippen molar-refractivity contribution >= 4 is 12.1 Å². The summed E-state index contributed by atoms with van der Waals surface area (Å²) in [5.74, 6) is -1.02. The van der Waals surface area contributed by atoms with Crippen molar-refractivity contribution in [1.82, 2.24) is 4.90 Å². The zero-order chi connectivity index (χ0) is 10.1. The lowest BCUT2D eigenvalue weighted by atomic mass is 10.0. The molecule has 0 radical (unpaired) electrons. The van der Waals surface area contributed by atoms with E-state index in [-0.39, 0.29) is 6.54 Å². The average molecular weight is 187 g/mol. The Balaban J connectivity index is 2.54. The summed E-state index contributed by atoms with van der Waals surface area (Å²) in [6.45, 7) is 3.78. The van der Waals surface area contributed by atoms with Crippen molar-refractivity contribution in [2.75, 3.05) is 13.1 Å². The van der Waals surface area contributed by atoms with Crippen LogP contribution < -0.4 is 0 Å². The van der Waals surface area contributed by atoms with Gasteiger partial charge in [-0.15, -0.1) is 0 Å². The number of cyclic esters (lactones) is 1. The summed E-state index contributed by atoms with van der Waals surface area (Å²) in [5, 5.41) is 8.46. The highest BCUT2D eigenvalue weighted by molar-refractivity contribution is 5.77. The summed E-state index contributed by atoms with van der Waals surface area (Å²) in [6, 6.07) is 0. The summed E-state index contributed by atoms with van der Waals surface area (Å²) >= 11 is 0. The second-order valence-electron chi connectivity index (χ2n) is 3.69. The lowest BCUT2D eigenvalue weighted by Gasteiger charge is -2.35. The molecule has 1 N–H and O–H groups in total. The van der Waals surface area contributed by atoms with E-state index in [0.717, 1.165) is 0 Å². The van der Waals surface area contributed by atoms with Crippen LogP contribution in [-0.4, -0.2) is 40.8 Å².